The van der Waals surface area contributed by atoms with E-state index in [-0.39, 0.29) is 18.4 Å². The Morgan fingerprint density at radius 1 is 1.00 bits per heavy atom. The summed E-state index contributed by atoms with van der Waals surface area (Å²) in [5.74, 6) is 1.58. The van der Waals surface area contributed by atoms with Crippen molar-refractivity contribution in [3.63, 3.8) is 0 Å². The molecule has 3 aromatic rings. The molecule has 1 saturated heterocycles. The second-order valence-corrected chi connectivity index (χ2v) is 9.56. The van der Waals surface area contributed by atoms with Crippen molar-refractivity contribution in [1.82, 2.24) is 14.8 Å². The van der Waals surface area contributed by atoms with E-state index in [1.807, 2.05) is 47.4 Å². The number of carbonyl (C=O) groups is 2. The van der Waals surface area contributed by atoms with Crippen molar-refractivity contribution in [3.05, 3.63) is 48.5 Å². The summed E-state index contributed by atoms with van der Waals surface area (Å²) in [6.45, 7) is 2.24. The molecule has 0 aliphatic carbocycles. The molecule has 1 atom stereocenters. The number of fused-ring (bicyclic) bond motifs is 2. The number of amides is 2. The van der Waals surface area contributed by atoms with Gasteiger partial charge in [0, 0.05) is 26.2 Å². The SMILES string of the molecule is O=C(CSc1nc2ccccc2s1)N1CCN(C(=O)[C@@H]2COc3ccccc3O2)CC1. The normalized spacial score (nSPS) is 18.3. The first-order chi connectivity index (χ1) is 15.2. The average Bonchev–Trinajstić information content (AvgIpc) is 3.25. The van der Waals surface area contributed by atoms with Gasteiger partial charge in [0.05, 0.1) is 16.0 Å². The Morgan fingerprint density at radius 2 is 1.71 bits per heavy atom. The molecule has 9 heteroatoms. The Labute approximate surface area is 187 Å². The number of para-hydroxylation sites is 3. The minimum Gasteiger partial charge on any atom is -0.485 e. The lowest BCUT2D eigenvalue weighted by molar-refractivity contribution is -0.145. The van der Waals surface area contributed by atoms with E-state index in [2.05, 4.69) is 4.98 Å². The van der Waals surface area contributed by atoms with Crippen molar-refractivity contribution >= 4 is 45.1 Å². The van der Waals surface area contributed by atoms with Crippen LogP contribution in [-0.2, 0) is 9.59 Å². The Hall–Kier alpha value is -2.78. The summed E-state index contributed by atoms with van der Waals surface area (Å²) in [6, 6.07) is 15.3. The molecular formula is C22H21N3O4S2. The minimum atomic E-state index is -0.647. The Morgan fingerprint density at radius 3 is 2.52 bits per heavy atom. The Bertz CT molecular complexity index is 1080. The monoisotopic (exact) mass is 455 g/mol. The smallest absolute Gasteiger partial charge is 0.267 e. The van der Waals surface area contributed by atoms with Gasteiger partial charge in [-0.1, -0.05) is 36.0 Å². The first kappa shape index (κ1) is 20.1. The van der Waals surface area contributed by atoms with Crippen molar-refractivity contribution in [1.29, 1.82) is 0 Å². The number of hydrogen-bond acceptors (Lipinski definition) is 7. The highest BCUT2D eigenvalue weighted by molar-refractivity contribution is 8.01. The maximum absolute atomic E-state index is 12.8. The van der Waals surface area contributed by atoms with E-state index in [1.165, 1.54) is 11.8 Å². The summed E-state index contributed by atoms with van der Waals surface area (Å²) < 4.78 is 13.5. The Balaban J connectivity index is 1.11. The van der Waals surface area contributed by atoms with Crippen molar-refractivity contribution in [2.24, 2.45) is 0 Å². The van der Waals surface area contributed by atoms with Gasteiger partial charge in [0.1, 0.15) is 6.61 Å². The summed E-state index contributed by atoms with van der Waals surface area (Å²) in [7, 11) is 0. The van der Waals surface area contributed by atoms with Crippen molar-refractivity contribution in [2.45, 2.75) is 10.4 Å². The summed E-state index contributed by atoms with van der Waals surface area (Å²) in [5.41, 5.74) is 0.964. The summed E-state index contributed by atoms with van der Waals surface area (Å²) >= 11 is 3.07. The maximum Gasteiger partial charge on any atom is 0.267 e. The minimum absolute atomic E-state index is 0.0718. The number of piperazine rings is 1. The van der Waals surface area contributed by atoms with E-state index in [0.717, 1.165) is 14.6 Å². The number of nitrogens with zero attached hydrogens (tertiary/aromatic N) is 3. The zero-order valence-electron chi connectivity index (χ0n) is 16.7. The molecule has 31 heavy (non-hydrogen) atoms. The first-order valence-corrected chi connectivity index (χ1v) is 11.9. The van der Waals surface area contributed by atoms with E-state index in [4.69, 9.17) is 9.47 Å². The van der Waals surface area contributed by atoms with E-state index < -0.39 is 6.10 Å². The van der Waals surface area contributed by atoms with Gasteiger partial charge in [-0.2, -0.15) is 0 Å². The maximum atomic E-state index is 12.8. The van der Waals surface area contributed by atoms with Crippen molar-refractivity contribution in [3.8, 4) is 11.5 Å². The number of rotatable bonds is 4. The second-order valence-electron chi connectivity index (χ2n) is 7.31. The van der Waals surface area contributed by atoms with Crippen LogP contribution in [0.2, 0.25) is 0 Å². The highest BCUT2D eigenvalue weighted by Crippen LogP contribution is 2.32. The van der Waals surface area contributed by atoms with Crippen LogP contribution in [0.5, 0.6) is 11.5 Å². The lowest BCUT2D eigenvalue weighted by Crippen LogP contribution is -2.55. The highest BCUT2D eigenvalue weighted by Gasteiger charge is 2.33. The van der Waals surface area contributed by atoms with Gasteiger partial charge in [-0.05, 0) is 24.3 Å². The molecule has 2 aliphatic heterocycles. The van der Waals surface area contributed by atoms with Gasteiger partial charge in [0.2, 0.25) is 12.0 Å². The van der Waals surface area contributed by atoms with Crippen LogP contribution >= 0.6 is 23.1 Å². The molecule has 0 bridgehead atoms. The molecule has 3 heterocycles. The predicted octanol–water partition coefficient (Wildman–Crippen LogP) is 2.90. The number of hydrogen-bond donors (Lipinski definition) is 0. The molecule has 1 aromatic heterocycles. The van der Waals surface area contributed by atoms with Gasteiger partial charge in [-0.15, -0.1) is 11.3 Å². The molecule has 2 aromatic carbocycles. The molecule has 0 N–H and O–H groups in total. The van der Waals surface area contributed by atoms with Gasteiger partial charge >= 0.3 is 0 Å². The van der Waals surface area contributed by atoms with Gasteiger partial charge in [0.25, 0.3) is 5.91 Å². The largest absolute Gasteiger partial charge is 0.485 e. The third kappa shape index (κ3) is 4.33. The highest BCUT2D eigenvalue weighted by atomic mass is 32.2. The molecule has 5 rings (SSSR count). The Kier molecular flexibility index (Phi) is 5.69. The molecule has 1 fully saturated rings. The van der Waals surface area contributed by atoms with Gasteiger partial charge in [-0.3, -0.25) is 9.59 Å². The van der Waals surface area contributed by atoms with Gasteiger partial charge < -0.3 is 19.3 Å². The topological polar surface area (TPSA) is 72.0 Å². The number of thioether (sulfide) groups is 1. The molecule has 0 saturated carbocycles. The molecule has 7 nitrogen and oxygen atoms in total. The van der Waals surface area contributed by atoms with E-state index >= 15 is 0 Å². The first-order valence-electron chi connectivity index (χ1n) is 10.1. The van der Waals surface area contributed by atoms with Crippen LogP contribution in [0.3, 0.4) is 0 Å². The molecule has 160 valence electrons. The van der Waals surface area contributed by atoms with Crippen molar-refractivity contribution in [2.75, 3.05) is 38.5 Å². The third-order valence-corrected chi connectivity index (χ3v) is 7.49. The van der Waals surface area contributed by atoms with Crippen LogP contribution in [-0.4, -0.2) is 71.2 Å². The molecule has 0 radical (unpaired) electrons. The molecule has 0 unspecified atom stereocenters. The molecule has 2 amide bonds. The van der Waals surface area contributed by atoms with Crippen molar-refractivity contribution < 1.29 is 19.1 Å². The fourth-order valence-corrected chi connectivity index (χ4v) is 5.62. The van der Waals surface area contributed by atoms with Crippen LogP contribution in [0, 0.1) is 0 Å². The number of carbonyl (C=O) groups excluding carboxylic acids is 2. The zero-order chi connectivity index (χ0) is 21.2. The van der Waals surface area contributed by atoms with Gasteiger partial charge in [-0.25, -0.2) is 4.98 Å². The number of benzene rings is 2. The van der Waals surface area contributed by atoms with Crippen LogP contribution in [0.1, 0.15) is 0 Å². The summed E-state index contributed by atoms with van der Waals surface area (Å²) in [6.07, 6.45) is -0.647. The number of aromatic nitrogens is 1. The number of ether oxygens (including phenoxy) is 2. The van der Waals surface area contributed by atoms with Gasteiger partial charge in [0.15, 0.2) is 15.8 Å². The van der Waals surface area contributed by atoms with Crippen LogP contribution in [0.15, 0.2) is 52.9 Å². The molecular weight excluding hydrogens is 434 g/mol. The fraction of sp³-hybridized carbons (Fsp3) is 0.318. The lowest BCUT2D eigenvalue weighted by atomic mass is 10.2. The van der Waals surface area contributed by atoms with E-state index in [0.29, 0.717) is 43.4 Å². The predicted molar refractivity (Wildman–Crippen MR) is 120 cm³/mol. The fourth-order valence-electron chi connectivity index (χ4n) is 3.65. The second kappa shape index (κ2) is 8.76. The zero-order valence-corrected chi connectivity index (χ0v) is 18.4. The number of thiazole rings is 1. The van der Waals surface area contributed by atoms with Crippen LogP contribution in [0.25, 0.3) is 10.2 Å². The van der Waals surface area contributed by atoms with E-state index in [9.17, 15) is 9.59 Å². The quantitative estimate of drug-likeness (QED) is 0.564. The average molecular weight is 456 g/mol. The van der Waals surface area contributed by atoms with E-state index in [1.54, 1.807) is 22.3 Å². The molecule has 2 aliphatic rings. The van der Waals surface area contributed by atoms with Crippen LogP contribution in [0.4, 0.5) is 0 Å². The third-order valence-electron chi connectivity index (χ3n) is 5.32. The standard InChI is InChI=1S/C22H21N3O4S2/c26-20(14-30-22-23-15-5-1-4-8-19(15)31-22)24-9-11-25(12-10-24)21(27)18-13-28-16-6-2-3-7-17(16)29-18/h1-8,18H,9-14H2/t18-/m0/s1. The lowest BCUT2D eigenvalue weighted by Gasteiger charge is -2.37. The molecule has 0 spiro atoms. The summed E-state index contributed by atoms with van der Waals surface area (Å²) in [4.78, 5) is 33.6. The summed E-state index contributed by atoms with van der Waals surface area (Å²) in [5, 5.41) is 0. The van der Waals surface area contributed by atoms with Crippen LogP contribution < -0.4 is 9.47 Å².